The van der Waals surface area contributed by atoms with Gasteiger partial charge in [-0.3, -0.25) is 4.90 Å². The van der Waals surface area contributed by atoms with Crippen LogP contribution in [-0.4, -0.2) is 44.2 Å². The average molecular weight is 291 g/mol. The average Bonchev–Trinajstić information content (AvgIpc) is 2.50. The second-order valence-electron chi connectivity index (χ2n) is 5.94. The van der Waals surface area contributed by atoms with E-state index in [2.05, 4.69) is 37.1 Å². The Hall–Kier alpha value is -1.10. The number of aryl methyl sites for hydroxylation is 1. The minimum atomic E-state index is 0.678. The minimum absolute atomic E-state index is 0.678. The van der Waals surface area contributed by atoms with Crippen LogP contribution in [0, 0.1) is 20.8 Å². The summed E-state index contributed by atoms with van der Waals surface area (Å²) in [6.45, 7) is 13.3. The van der Waals surface area contributed by atoms with Crippen LogP contribution in [0.5, 0.6) is 5.75 Å². The Labute approximate surface area is 128 Å². The first kappa shape index (κ1) is 16.3. The maximum atomic E-state index is 6.01. The zero-order chi connectivity index (χ0) is 15.2. The van der Waals surface area contributed by atoms with Gasteiger partial charge >= 0.3 is 0 Å². The lowest BCUT2D eigenvalue weighted by molar-refractivity contribution is 0.226. The van der Waals surface area contributed by atoms with E-state index in [9.17, 15) is 0 Å². The van der Waals surface area contributed by atoms with Gasteiger partial charge < -0.3 is 15.8 Å². The monoisotopic (exact) mass is 291 g/mol. The highest BCUT2D eigenvalue weighted by atomic mass is 16.5. The predicted molar refractivity (Wildman–Crippen MR) is 88.0 cm³/mol. The van der Waals surface area contributed by atoms with Crippen LogP contribution in [0.3, 0.4) is 0 Å². The quantitative estimate of drug-likeness (QED) is 0.784. The fraction of sp³-hybridized carbons (Fsp3) is 0.647. The third-order valence-electron chi connectivity index (χ3n) is 4.45. The van der Waals surface area contributed by atoms with Crippen molar-refractivity contribution in [2.45, 2.75) is 33.7 Å². The molecule has 0 unspecified atom stereocenters. The van der Waals surface area contributed by atoms with Gasteiger partial charge in [-0.15, -0.1) is 0 Å². The van der Waals surface area contributed by atoms with E-state index in [0.29, 0.717) is 13.2 Å². The molecule has 0 bridgehead atoms. The van der Waals surface area contributed by atoms with Gasteiger partial charge in [-0.05, 0) is 56.5 Å². The number of benzene rings is 1. The van der Waals surface area contributed by atoms with Crippen molar-refractivity contribution in [3.8, 4) is 5.75 Å². The second kappa shape index (κ2) is 7.78. The molecular weight excluding hydrogens is 262 g/mol. The van der Waals surface area contributed by atoms with Crippen LogP contribution in [0.15, 0.2) is 6.07 Å². The number of hydrogen-bond donors (Lipinski definition) is 2. The molecule has 4 heteroatoms. The molecule has 1 aliphatic rings. The number of nitrogens with zero attached hydrogens (tertiary/aromatic N) is 1. The van der Waals surface area contributed by atoms with Crippen LogP contribution in [0.1, 0.15) is 28.7 Å². The lowest BCUT2D eigenvalue weighted by Crippen LogP contribution is -2.43. The van der Waals surface area contributed by atoms with E-state index < -0.39 is 0 Å². The Morgan fingerprint density at radius 2 is 1.90 bits per heavy atom. The molecule has 0 amide bonds. The first-order valence-corrected chi connectivity index (χ1v) is 7.99. The van der Waals surface area contributed by atoms with E-state index >= 15 is 0 Å². The molecule has 2 rings (SSSR count). The van der Waals surface area contributed by atoms with E-state index in [1.165, 1.54) is 22.3 Å². The number of piperazine rings is 1. The largest absolute Gasteiger partial charge is 0.493 e. The fourth-order valence-electron chi connectivity index (χ4n) is 2.78. The highest BCUT2D eigenvalue weighted by molar-refractivity contribution is 5.48. The Morgan fingerprint density at radius 3 is 2.57 bits per heavy atom. The van der Waals surface area contributed by atoms with Crippen molar-refractivity contribution >= 4 is 0 Å². The van der Waals surface area contributed by atoms with E-state index in [4.69, 9.17) is 10.5 Å². The number of nitrogens with one attached hydrogen (secondary N) is 1. The number of nitrogens with two attached hydrogens (primary N) is 1. The molecule has 1 aromatic carbocycles. The summed E-state index contributed by atoms with van der Waals surface area (Å²) in [6.07, 6.45) is 0.902. The number of hydrogen-bond acceptors (Lipinski definition) is 4. The van der Waals surface area contributed by atoms with Gasteiger partial charge in [-0.1, -0.05) is 0 Å². The van der Waals surface area contributed by atoms with Gasteiger partial charge in [0, 0.05) is 38.3 Å². The highest BCUT2D eigenvalue weighted by Crippen LogP contribution is 2.29. The normalized spacial score (nSPS) is 16.2. The second-order valence-corrected chi connectivity index (χ2v) is 5.94. The standard InChI is InChI=1S/C17H29N3O/c1-13-11-17(21-10-4-5-18)16(15(3)14(13)2)12-20-8-6-19-7-9-20/h11,19H,4-10,12,18H2,1-3H3. The maximum Gasteiger partial charge on any atom is 0.124 e. The van der Waals surface area contributed by atoms with Gasteiger partial charge in [0.1, 0.15) is 5.75 Å². The Kier molecular flexibility index (Phi) is 6.03. The van der Waals surface area contributed by atoms with Crippen molar-refractivity contribution in [1.82, 2.24) is 10.2 Å². The van der Waals surface area contributed by atoms with Crippen LogP contribution in [0.2, 0.25) is 0 Å². The molecule has 1 aliphatic heterocycles. The zero-order valence-electron chi connectivity index (χ0n) is 13.7. The molecule has 0 radical (unpaired) electrons. The molecule has 0 spiro atoms. The summed E-state index contributed by atoms with van der Waals surface area (Å²) in [6, 6.07) is 2.19. The molecule has 4 nitrogen and oxygen atoms in total. The summed E-state index contributed by atoms with van der Waals surface area (Å²) in [5, 5.41) is 3.41. The van der Waals surface area contributed by atoms with E-state index in [0.717, 1.165) is 44.9 Å². The van der Waals surface area contributed by atoms with Gasteiger partial charge in [0.2, 0.25) is 0 Å². The van der Waals surface area contributed by atoms with Crippen LogP contribution >= 0.6 is 0 Å². The topological polar surface area (TPSA) is 50.5 Å². The van der Waals surface area contributed by atoms with E-state index in [1.807, 2.05) is 0 Å². The molecule has 3 N–H and O–H groups in total. The third-order valence-corrected chi connectivity index (χ3v) is 4.45. The Balaban J connectivity index is 2.20. The summed E-state index contributed by atoms with van der Waals surface area (Å²) in [7, 11) is 0. The van der Waals surface area contributed by atoms with E-state index in [1.54, 1.807) is 0 Å². The zero-order valence-corrected chi connectivity index (χ0v) is 13.7. The molecule has 0 aromatic heterocycles. The van der Waals surface area contributed by atoms with Crippen molar-refractivity contribution in [3.63, 3.8) is 0 Å². The minimum Gasteiger partial charge on any atom is -0.493 e. The number of rotatable bonds is 6. The summed E-state index contributed by atoms with van der Waals surface area (Å²) in [5.74, 6) is 1.04. The molecule has 0 saturated carbocycles. The SMILES string of the molecule is Cc1cc(OCCCN)c(CN2CCNCC2)c(C)c1C. The molecule has 1 saturated heterocycles. The summed E-state index contributed by atoms with van der Waals surface area (Å²) in [4.78, 5) is 2.50. The van der Waals surface area contributed by atoms with Crippen LogP contribution in [0.25, 0.3) is 0 Å². The smallest absolute Gasteiger partial charge is 0.124 e. The van der Waals surface area contributed by atoms with Gasteiger partial charge in [0.25, 0.3) is 0 Å². The van der Waals surface area contributed by atoms with Crippen molar-refractivity contribution < 1.29 is 4.74 Å². The Bertz CT molecular complexity index is 468. The van der Waals surface area contributed by atoms with Crippen LogP contribution < -0.4 is 15.8 Å². The first-order chi connectivity index (χ1) is 10.1. The third kappa shape index (κ3) is 4.19. The van der Waals surface area contributed by atoms with Crippen LogP contribution in [-0.2, 0) is 6.54 Å². The fourth-order valence-corrected chi connectivity index (χ4v) is 2.78. The molecule has 0 aliphatic carbocycles. The van der Waals surface area contributed by atoms with Crippen molar-refractivity contribution in [3.05, 3.63) is 28.3 Å². The lowest BCUT2D eigenvalue weighted by Gasteiger charge is -2.29. The molecule has 1 fully saturated rings. The maximum absolute atomic E-state index is 6.01. The summed E-state index contributed by atoms with van der Waals surface area (Å²) >= 11 is 0. The molecule has 0 atom stereocenters. The van der Waals surface area contributed by atoms with Crippen molar-refractivity contribution in [1.29, 1.82) is 0 Å². The van der Waals surface area contributed by atoms with Crippen LogP contribution in [0.4, 0.5) is 0 Å². The lowest BCUT2D eigenvalue weighted by atomic mass is 9.97. The number of ether oxygens (including phenoxy) is 1. The molecule has 1 heterocycles. The highest BCUT2D eigenvalue weighted by Gasteiger charge is 2.17. The van der Waals surface area contributed by atoms with Gasteiger partial charge in [-0.25, -0.2) is 0 Å². The molecule has 1 aromatic rings. The molecule has 21 heavy (non-hydrogen) atoms. The predicted octanol–water partition coefficient (Wildman–Crippen LogP) is 1.74. The Morgan fingerprint density at radius 1 is 1.19 bits per heavy atom. The molecular formula is C17H29N3O. The summed E-state index contributed by atoms with van der Waals surface area (Å²) in [5.41, 5.74) is 11.0. The van der Waals surface area contributed by atoms with E-state index in [-0.39, 0.29) is 0 Å². The van der Waals surface area contributed by atoms with Crippen molar-refractivity contribution in [2.75, 3.05) is 39.3 Å². The van der Waals surface area contributed by atoms with Gasteiger partial charge in [-0.2, -0.15) is 0 Å². The first-order valence-electron chi connectivity index (χ1n) is 7.99. The summed E-state index contributed by atoms with van der Waals surface area (Å²) < 4.78 is 6.01. The molecule has 118 valence electrons. The van der Waals surface area contributed by atoms with Gasteiger partial charge in [0.15, 0.2) is 0 Å². The van der Waals surface area contributed by atoms with Gasteiger partial charge in [0.05, 0.1) is 6.61 Å². The van der Waals surface area contributed by atoms with Crippen molar-refractivity contribution in [2.24, 2.45) is 5.73 Å².